The molecule has 0 saturated carbocycles. The van der Waals surface area contributed by atoms with Crippen molar-refractivity contribution in [1.29, 1.82) is 0 Å². The van der Waals surface area contributed by atoms with Crippen LogP contribution in [0.1, 0.15) is 38.5 Å². The van der Waals surface area contributed by atoms with Crippen LogP contribution in [-0.4, -0.2) is 56.4 Å². The zero-order chi connectivity index (χ0) is 16.4. The van der Waals surface area contributed by atoms with Crippen molar-refractivity contribution in [2.75, 3.05) is 24.5 Å². The number of fused-ring (bicyclic) bond motifs is 1. The highest BCUT2D eigenvalue weighted by molar-refractivity contribution is 5.83. The van der Waals surface area contributed by atoms with E-state index in [1.165, 1.54) is 12.8 Å². The van der Waals surface area contributed by atoms with E-state index in [4.69, 9.17) is 0 Å². The summed E-state index contributed by atoms with van der Waals surface area (Å²) in [7, 11) is 0. The number of aliphatic hydroxyl groups excluding tert-OH is 1. The maximum Gasteiger partial charge on any atom is 0.165 e. The van der Waals surface area contributed by atoms with Crippen LogP contribution in [0.5, 0.6) is 0 Å². The van der Waals surface area contributed by atoms with Crippen LogP contribution in [0.3, 0.4) is 0 Å². The number of hydrogen-bond donors (Lipinski definition) is 2. The third kappa shape index (κ3) is 3.10. The van der Waals surface area contributed by atoms with Gasteiger partial charge in [-0.3, -0.25) is 0 Å². The molecule has 4 rings (SSSR count). The highest BCUT2D eigenvalue weighted by Crippen LogP contribution is 2.25. The standard InChI is InChI=1S/C17H26N6O/c24-14-6-3-7-18-13(14)5-4-10-23-12-21-15-16(19-11-20-17(15)23)22-8-1-2-9-22/h11-14,18,24H,1-10H2/t13-,14+/m1/s1. The first-order valence-corrected chi connectivity index (χ1v) is 9.15. The molecule has 2 aliphatic heterocycles. The van der Waals surface area contributed by atoms with Gasteiger partial charge in [-0.15, -0.1) is 0 Å². The monoisotopic (exact) mass is 330 g/mol. The molecule has 2 atom stereocenters. The highest BCUT2D eigenvalue weighted by atomic mass is 16.3. The van der Waals surface area contributed by atoms with Crippen molar-refractivity contribution in [3.63, 3.8) is 0 Å². The van der Waals surface area contributed by atoms with Gasteiger partial charge in [0.15, 0.2) is 17.0 Å². The van der Waals surface area contributed by atoms with Crippen molar-refractivity contribution in [2.24, 2.45) is 0 Å². The summed E-state index contributed by atoms with van der Waals surface area (Å²) < 4.78 is 2.12. The Kier molecular flexibility index (Phi) is 4.62. The average Bonchev–Trinajstić information content (AvgIpc) is 3.26. The number of aromatic nitrogens is 4. The Morgan fingerprint density at radius 1 is 1.17 bits per heavy atom. The number of nitrogens with one attached hydrogen (secondary N) is 1. The molecule has 0 aliphatic carbocycles. The van der Waals surface area contributed by atoms with E-state index in [0.29, 0.717) is 0 Å². The lowest BCUT2D eigenvalue weighted by Gasteiger charge is -2.28. The SMILES string of the molecule is O[C@H]1CCCN[C@@H]1CCCn1cnc2c(N3CCCC3)ncnc21. The van der Waals surface area contributed by atoms with Gasteiger partial charge >= 0.3 is 0 Å². The molecular weight excluding hydrogens is 304 g/mol. The van der Waals surface area contributed by atoms with Crippen LogP contribution in [-0.2, 0) is 6.54 Å². The lowest BCUT2D eigenvalue weighted by molar-refractivity contribution is 0.0909. The Morgan fingerprint density at radius 3 is 2.88 bits per heavy atom. The molecule has 0 aromatic carbocycles. The number of nitrogens with zero attached hydrogens (tertiary/aromatic N) is 5. The Balaban J connectivity index is 1.44. The van der Waals surface area contributed by atoms with Gasteiger partial charge in [0.25, 0.3) is 0 Å². The van der Waals surface area contributed by atoms with Crippen molar-refractivity contribution in [3.8, 4) is 0 Å². The predicted molar refractivity (Wildman–Crippen MR) is 93.0 cm³/mol. The number of imidazole rings is 1. The summed E-state index contributed by atoms with van der Waals surface area (Å²) in [4.78, 5) is 15.8. The molecule has 0 unspecified atom stereocenters. The van der Waals surface area contributed by atoms with Gasteiger partial charge in [0.2, 0.25) is 0 Å². The van der Waals surface area contributed by atoms with Gasteiger partial charge in [-0.05, 0) is 45.1 Å². The van der Waals surface area contributed by atoms with Gasteiger partial charge in [-0.2, -0.15) is 0 Å². The Bertz CT molecular complexity index is 681. The summed E-state index contributed by atoms with van der Waals surface area (Å²) >= 11 is 0. The minimum Gasteiger partial charge on any atom is -0.392 e. The second-order valence-electron chi connectivity index (χ2n) is 6.91. The Morgan fingerprint density at radius 2 is 2.04 bits per heavy atom. The molecule has 7 heteroatoms. The topological polar surface area (TPSA) is 79.1 Å². The molecular formula is C17H26N6O. The fourth-order valence-corrected chi connectivity index (χ4v) is 3.90. The molecule has 0 amide bonds. The van der Waals surface area contributed by atoms with Crippen LogP contribution in [0.2, 0.25) is 0 Å². The first kappa shape index (κ1) is 15.8. The second-order valence-corrected chi connectivity index (χ2v) is 6.91. The fraction of sp³-hybridized carbons (Fsp3) is 0.706. The summed E-state index contributed by atoms with van der Waals surface area (Å²) in [6.45, 7) is 4.01. The first-order chi connectivity index (χ1) is 11.8. The van der Waals surface area contributed by atoms with E-state index in [0.717, 1.165) is 68.8 Å². The number of rotatable bonds is 5. The maximum absolute atomic E-state index is 10.0. The zero-order valence-corrected chi connectivity index (χ0v) is 14.1. The van der Waals surface area contributed by atoms with Crippen LogP contribution in [0.25, 0.3) is 11.2 Å². The van der Waals surface area contributed by atoms with Crippen molar-refractivity contribution in [2.45, 2.75) is 57.2 Å². The molecule has 2 N–H and O–H groups in total. The zero-order valence-electron chi connectivity index (χ0n) is 14.1. The van der Waals surface area contributed by atoms with Crippen molar-refractivity contribution in [1.82, 2.24) is 24.8 Å². The summed E-state index contributed by atoms with van der Waals surface area (Å²) in [6, 6.07) is 0.225. The quantitative estimate of drug-likeness (QED) is 0.861. The first-order valence-electron chi connectivity index (χ1n) is 9.15. The lowest BCUT2D eigenvalue weighted by Crippen LogP contribution is -2.44. The van der Waals surface area contributed by atoms with Gasteiger partial charge in [0.05, 0.1) is 12.4 Å². The summed E-state index contributed by atoms with van der Waals surface area (Å²) in [5, 5.41) is 13.5. The van der Waals surface area contributed by atoms with Crippen LogP contribution >= 0.6 is 0 Å². The fourth-order valence-electron chi connectivity index (χ4n) is 3.90. The molecule has 2 aromatic heterocycles. The predicted octanol–water partition coefficient (Wildman–Crippen LogP) is 1.32. The maximum atomic E-state index is 10.0. The summed E-state index contributed by atoms with van der Waals surface area (Å²) in [5.74, 6) is 0.973. The third-order valence-corrected chi connectivity index (χ3v) is 5.25. The summed E-state index contributed by atoms with van der Waals surface area (Å²) in [5.41, 5.74) is 1.83. The van der Waals surface area contributed by atoms with Gasteiger partial charge in [0.1, 0.15) is 6.33 Å². The van der Waals surface area contributed by atoms with E-state index in [1.807, 2.05) is 6.33 Å². The average molecular weight is 330 g/mol. The molecule has 0 radical (unpaired) electrons. The number of hydrogen-bond acceptors (Lipinski definition) is 6. The third-order valence-electron chi connectivity index (χ3n) is 5.25. The van der Waals surface area contributed by atoms with Crippen LogP contribution in [0.15, 0.2) is 12.7 Å². The minimum atomic E-state index is -0.206. The Hall–Kier alpha value is -1.73. The molecule has 2 aromatic rings. The van der Waals surface area contributed by atoms with Crippen LogP contribution in [0.4, 0.5) is 5.82 Å². The molecule has 2 aliphatic rings. The Labute approximate surface area is 142 Å². The van der Waals surface area contributed by atoms with E-state index < -0.39 is 0 Å². The van der Waals surface area contributed by atoms with Crippen LogP contribution in [0, 0.1) is 0 Å². The van der Waals surface area contributed by atoms with E-state index in [9.17, 15) is 5.11 Å². The minimum absolute atomic E-state index is 0.206. The molecule has 0 spiro atoms. The number of piperidine rings is 1. The molecule has 7 nitrogen and oxygen atoms in total. The van der Waals surface area contributed by atoms with E-state index in [1.54, 1.807) is 6.33 Å². The second kappa shape index (κ2) is 7.03. The van der Waals surface area contributed by atoms with E-state index in [-0.39, 0.29) is 12.1 Å². The lowest BCUT2D eigenvalue weighted by atomic mass is 9.97. The molecule has 24 heavy (non-hydrogen) atoms. The highest BCUT2D eigenvalue weighted by Gasteiger charge is 2.22. The number of aryl methyl sites for hydroxylation is 1. The van der Waals surface area contributed by atoms with E-state index in [2.05, 4.69) is 29.7 Å². The van der Waals surface area contributed by atoms with Gasteiger partial charge in [-0.1, -0.05) is 0 Å². The molecule has 2 fully saturated rings. The van der Waals surface area contributed by atoms with Gasteiger partial charge in [0, 0.05) is 25.7 Å². The van der Waals surface area contributed by atoms with E-state index >= 15 is 0 Å². The smallest absolute Gasteiger partial charge is 0.165 e. The molecule has 0 bridgehead atoms. The number of anilines is 1. The van der Waals surface area contributed by atoms with Crippen molar-refractivity contribution < 1.29 is 5.11 Å². The van der Waals surface area contributed by atoms with Crippen molar-refractivity contribution in [3.05, 3.63) is 12.7 Å². The van der Waals surface area contributed by atoms with Crippen molar-refractivity contribution >= 4 is 17.0 Å². The normalized spacial score (nSPS) is 24.8. The summed E-state index contributed by atoms with van der Waals surface area (Å²) in [6.07, 6.45) is 9.74. The molecule has 130 valence electrons. The molecule has 4 heterocycles. The molecule has 2 saturated heterocycles. The van der Waals surface area contributed by atoms with Gasteiger partial charge in [-0.25, -0.2) is 15.0 Å². The van der Waals surface area contributed by atoms with Crippen LogP contribution < -0.4 is 10.2 Å². The van der Waals surface area contributed by atoms with Gasteiger partial charge < -0.3 is 19.9 Å². The largest absolute Gasteiger partial charge is 0.392 e. The number of aliphatic hydroxyl groups is 1.